The molecule has 2 heterocycles. The maximum absolute atomic E-state index is 14.3. The van der Waals surface area contributed by atoms with Crippen molar-refractivity contribution in [2.75, 3.05) is 24.9 Å². The van der Waals surface area contributed by atoms with E-state index in [2.05, 4.69) is 14.7 Å². The summed E-state index contributed by atoms with van der Waals surface area (Å²) in [5, 5.41) is 3.72. The average molecular weight is 585 g/mol. The maximum atomic E-state index is 14.3. The molecule has 1 unspecified atom stereocenters. The summed E-state index contributed by atoms with van der Waals surface area (Å²) < 4.78 is 14.7. The van der Waals surface area contributed by atoms with Crippen LogP contribution in [-0.2, 0) is 11.3 Å². The fourth-order valence-electron chi connectivity index (χ4n) is 4.63. The molecule has 42 heavy (non-hydrogen) atoms. The second kappa shape index (κ2) is 12.0. The quantitative estimate of drug-likeness (QED) is 0.192. The molecule has 12 heteroatoms. The van der Waals surface area contributed by atoms with E-state index in [1.807, 2.05) is 36.4 Å². The molecule has 5 rings (SSSR count). The van der Waals surface area contributed by atoms with Gasteiger partial charge in [0.25, 0.3) is 11.8 Å². The smallest absolute Gasteiger partial charge is 0.273 e. The van der Waals surface area contributed by atoms with Gasteiger partial charge in [-0.3, -0.25) is 19.3 Å². The summed E-state index contributed by atoms with van der Waals surface area (Å²) in [6.45, 7) is 0.191. The van der Waals surface area contributed by atoms with Gasteiger partial charge in [-0.15, -0.1) is 0 Å². The molecular weight excluding hydrogens is 556 g/mol. The number of para-hydroxylation sites is 1. The Hall–Kier alpha value is -5.36. The number of amides is 3. The summed E-state index contributed by atoms with van der Waals surface area (Å²) in [5.41, 5.74) is 13.8. The third-order valence-electron chi connectivity index (χ3n) is 6.75. The van der Waals surface area contributed by atoms with Crippen molar-refractivity contribution in [3.8, 4) is 11.5 Å². The van der Waals surface area contributed by atoms with Crippen molar-refractivity contribution in [3.63, 3.8) is 0 Å². The zero-order chi connectivity index (χ0) is 29.8. The van der Waals surface area contributed by atoms with Crippen LogP contribution in [0.4, 0.5) is 11.4 Å². The second-order valence-electron chi connectivity index (χ2n) is 9.27. The predicted octanol–water partition coefficient (Wildman–Crippen LogP) is 4.03. The van der Waals surface area contributed by atoms with Crippen molar-refractivity contribution in [2.24, 2.45) is 5.73 Å². The Morgan fingerprint density at radius 1 is 1.00 bits per heavy atom. The lowest BCUT2D eigenvalue weighted by Gasteiger charge is -2.31. The number of nitrogen functional groups attached to an aromatic ring is 1. The number of rotatable bonds is 10. The van der Waals surface area contributed by atoms with E-state index in [1.54, 1.807) is 49.7 Å². The molecule has 0 spiro atoms. The van der Waals surface area contributed by atoms with Crippen LogP contribution in [0, 0.1) is 0 Å². The first-order chi connectivity index (χ1) is 20.3. The first-order valence-electron chi connectivity index (χ1n) is 12.8. The van der Waals surface area contributed by atoms with Crippen LogP contribution in [0.2, 0.25) is 0 Å². The molecule has 0 aliphatic rings. The van der Waals surface area contributed by atoms with Crippen molar-refractivity contribution in [1.29, 1.82) is 0 Å². The Bertz CT molecular complexity index is 1760. The average Bonchev–Trinajstić information content (AvgIpc) is 3.62. The molecule has 3 amide bonds. The normalized spacial score (nSPS) is 11.6. The van der Waals surface area contributed by atoms with E-state index in [9.17, 15) is 14.4 Å². The number of anilines is 2. The Labute approximate surface area is 245 Å². The Morgan fingerprint density at radius 3 is 2.43 bits per heavy atom. The van der Waals surface area contributed by atoms with Gasteiger partial charge in [-0.1, -0.05) is 36.4 Å². The molecule has 0 fully saturated rings. The number of aromatic amines is 1. The number of nitrogens with one attached hydrogen (secondary N) is 2. The zero-order valence-corrected chi connectivity index (χ0v) is 23.6. The van der Waals surface area contributed by atoms with E-state index in [0.717, 1.165) is 28.0 Å². The van der Waals surface area contributed by atoms with Gasteiger partial charge in [0.05, 0.1) is 19.9 Å². The molecule has 0 saturated heterocycles. The monoisotopic (exact) mass is 584 g/mol. The summed E-state index contributed by atoms with van der Waals surface area (Å²) >= 11 is 0.740. The number of hydrogen-bond acceptors (Lipinski definition) is 8. The van der Waals surface area contributed by atoms with Crippen LogP contribution in [0.5, 0.6) is 11.5 Å². The van der Waals surface area contributed by atoms with Gasteiger partial charge in [0, 0.05) is 41.0 Å². The van der Waals surface area contributed by atoms with E-state index in [1.165, 1.54) is 12.0 Å². The van der Waals surface area contributed by atoms with Crippen LogP contribution >= 0.6 is 11.5 Å². The van der Waals surface area contributed by atoms with Crippen LogP contribution < -0.4 is 31.2 Å². The third-order valence-corrected chi connectivity index (χ3v) is 7.61. The highest BCUT2D eigenvalue weighted by atomic mass is 32.1. The van der Waals surface area contributed by atoms with Gasteiger partial charge < -0.3 is 31.2 Å². The van der Waals surface area contributed by atoms with Crippen LogP contribution in [0.25, 0.3) is 10.9 Å². The number of benzene rings is 3. The van der Waals surface area contributed by atoms with Gasteiger partial charge in [-0.05, 0) is 47.4 Å². The highest BCUT2D eigenvalue weighted by Gasteiger charge is 2.37. The van der Waals surface area contributed by atoms with E-state index in [-0.39, 0.29) is 22.8 Å². The number of methoxy groups -OCH3 is 2. The summed E-state index contributed by atoms with van der Waals surface area (Å²) in [7, 11) is 3.08. The number of hydrogen-bond donors (Lipinski definition) is 4. The lowest BCUT2D eigenvalue weighted by Crippen LogP contribution is -2.44. The van der Waals surface area contributed by atoms with E-state index in [4.69, 9.17) is 20.9 Å². The highest BCUT2D eigenvalue weighted by Crippen LogP contribution is 2.37. The van der Waals surface area contributed by atoms with Gasteiger partial charge in [0.2, 0.25) is 5.91 Å². The summed E-state index contributed by atoms with van der Waals surface area (Å²) in [4.78, 5) is 44.9. The zero-order valence-electron chi connectivity index (χ0n) is 22.8. The van der Waals surface area contributed by atoms with Crippen molar-refractivity contribution in [1.82, 2.24) is 14.7 Å². The minimum Gasteiger partial charge on any atom is -0.497 e. The first kappa shape index (κ1) is 28.2. The van der Waals surface area contributed by atoms with E-state index >= 15 is 0 Å². The number of primary amides is 1. The molecule has 3 aromatic carbocycles. The molecule has 0 aliphatic carbocycles. The molecule has 0 saturated carbocycles. The standard InChI is InChI=1S/C30H28N6O5S/c1-40-19-12-10-17(11-13-19)15-34-29(38)26(22-16-33-23-9-4-3-8-21(22)23)36(18-6-5-7-20(14-18)41-2)30(39)27-24(31)25(28(32)37)35-42-27/h3-14,16,26,33H,15,31H2,1-2H3,(H2,32,37)(H,34,38). The van der Waals surface area contributed by atoms with Crippen molar-refractivity contribution in [2.45, 2.75) is 12.6 Å². The molecule has 0 aliphatic heterocycles. The van der Waals surface area contributed by atoms with E-state index in [0.29, 0.717) is 22.7 Å². The van der Waals surface area contributed by atoms with Crippen LogP contribution in [0.15, 0.2) is 79.0 Å². The van der Waals surface area contributed by atoms with Gasteiger partial charge >= 0.3 is 0 Å². The molecular formula is C30H28N6O5S. The summed E-state index contributed by atoms with van der Waals surface area (Å²) in [6.07, 6.45) is 1.70. The number of nitrogens with zero attached hydrogens (tertiary/aromatic N) is 2. The van der Waals surface area contributed by atoms with Gasteiger partial charge in [-0.2, -0.15) is 4.37 Å². The number of fused-ring (bicyclic) bond motifs is 1. The number of ether oxygens (including phenoxy) is 2. The number of aromatic nitrogens is 2. The number of carbonyl (C=O) groups is 3. The number of nitrogens with two attached hydrogens (primary N) is 2. The van der Waals surface area contributed by atoms with Crippen LogP contribution in [0.3, 0.4) is 0 Å². The lowest BCUT2D eigenvalue weighted by atomic mass is 10.0. The maximum Gasteiger partial charge on any atom is 0.273 e. The number of H-pyrrole nitrogens is 1. The third kappa shape index (κ3) is 5.47. The van der Waals surface area contributed by atoms with Gasteiger partial charge in [0.15, 0.2) is 5.69 Å². The summed E-state index contributed by atoms with van der Waals surface area (Å²) in [6, 6.07) is 20.3. The molecule has 0 bridgehead atoms. The fourth-order valence-corrected chi connectivity index (χ4v) is 5.37. The Morgan fingerprint density at radius 2 is 1.74 bits per heavy atom. The van der Waals surface area contributed by atoms with Crippen molar-refractivity contribution >= 4 is 51.5 Å². The van der Waals surface area contributed by atoms with Crippen molar-refractivity contribution < 1.29 is 23.9 Å². The SMILES string of the molecule is COc1ccc(CNC(=O)C(c2c[nH]c3ccccc23)N(C(=O)c2snc(C(N)=O)c2N)c2cccc(OC)c2)cc1. The van der Waals surface area contributed by atoms with Gasteiger partial charge in [0.1, 0.15) is 22.4 Å². The summed E-state index contributed by atoms with van der Waals surface area (Å²) in [5.74, 6) is -0.794. The van der Waals surface area contributed by atoms with Crippen LogP contribution in [-0.4, -0.2) is 41.3 Å². The van der Waals surface area contributed by atoms with E-state index < -0.39 is 23.8 Å². The largest absolute Gasteiger partial charge is 0.497 e. The van der Waals surface area contributed by atoms with Gasteiger partial charge in [-0.25, -0.2) is 0 Å². The molecule has 214 valence electrons. The number of carbonyl (C=O) groups excluding carboxylic acids is 3. The molecule has 1 atom stereocenters. The molecule has 2 aromatic heterocycles. The lowest BCUT2D eigenvalue weighted by molar-refractivity contribution is -0.122. The molecule has 0 radical (unpaired) electrons. The molecule has 6 N–H and O–H groups in total. The fraction of sp³-hybridized carbons (Fsp3) is 0.133. The van der Waals surface area contributed by atoms with Crippen molar-refractivity contribution in [3.05, 3.63) is 101 Å². The predicted molar refractivity (Wildman–Crippen MR) is 161 cm³/mol. The second-order valence-corrected chi connectivity index (χ2v) is 10.0. The minimum atomic E-state index is -1.17. The topological polar surface area (TPSA) is 166 Å². The minimum absolute atomic E-state index is 0.0283. The molecule has 11 nitrogen and oxygen atoms in total. The molecule has 5 aromatic rings. The Balaban J connectivity index is 1.64. The first-order valence-corrected chi connectivity index (χ1v) is 13.6. The Kier molecular flexibility index (Phi) is 8.07. The van der Waals surface area contributed by atoms with Crippen LogP contribution in [0.1, 0.15) is 37.3 Å². The highest BCUT2D eigenvalue weighted by molar-refractivity contribution is 7.09.